The molecule has 76 heavy (non-hydrogen) atoms. The minimum Gasteiger partial charge on any atom is -0.462 e. The average molecular weight is 1050 g/mol. The third-order valence-corrected chi connectivity index (χ3v) is 12.2. The summed E-state index contributed by atoms with van der Waals surface area (Å²) in [5.41, 5.74) is 0. The highest BCUT2D eigenvalue weighted by molar-refractivity contribution is 5.71. The largest absolute Gasteiger partial charge is 0.462 e. The second-order valence-electron chi connectivity index (χ2n) is 19.5. The molecule has 0 N–H and O–H groups in total. The third kappa shape index (κ3) is 59.9. The van der Waals surface area contributed by atoms with E-state index in [1.54, 1.807) is 0 Å². The molecule has 0 aliphatic rings. The highest BCUT2D eigenvalue weighted by Gasteiger charge is 2.19. The molecule has 0 spiro atoms. The molecular weight excluding hydrogens is 937 g/mol. The van der Waals surface area contributed by atoms with E-state index in [1.165, 1.54) is 57.8 Å². The molecule has 0 fully saturated rings. The Labute approximate surface area is 467 Å². The smallest absolute Gasteiger partial charge is 0.306 e. The van der Waals surface area contributed by atoms with Gasteiger partial charge >= 0.3 is 17.9 Å². The standard InChI is InChI=1S/C70H110O6/c1-4-7-10-13-16-19-22-25-28-30-32-33-34-35-36-37-38-40-42-45-48-51-54-57-60-63-69(72)75-66-67(65-74-68(71)62-59-56-53-50-47-44-41-27-24-21-18-15-12-9-6-3)76-70(73)64-61-58-55-52-49-46-43-39-31-29-26-23-20-17-14-11-8-5-2/h7,9-10,12,16,18-21,23,25,27-29,31-33,35-36,38,40-41,45,47-48,50,67H,4-6,8,11,13-15,17,22,24,26,30,34,37,39,42-44,46,49,51-66H2,1-3H3/b10-7-,12-9-,19-16-,21-18-,23-20-,28-25-,31-29-,33-32-,36-35-,40-38-,41-27-,48-45-,50-47-. The molecule has 0 aromatic carbocycles. The first kappa shape index (κ1) is 71.0. The van der Waals surface area contributed by atoms with Crippen molar-refractivity contribution in [3.63, 3.8) is 0 Å². The molecule has 426 valence electrons. The Balaban J connectivity index is 4.52. The van der Waals surface area contributed by atoms with Gasteiger partial charge in [-0.05, 0) is 148 Å². The van der Waals surface area contributed by atoms with Crippen LogP contribution in [0.1, 0.15) is 245 Å². The summed E-state index contributed by atoms with van der Waals surface area (Å²) in [4.78, 5) is 38.2. The van der Waals surface area contributed by atoms with Crippen molar-refractivity contribution in [3.05, 3.63) is 158 Å². The maximum absolute atomic E-state index is 12.9. The number of allylic oxidation sites excluding steroid dienone is 26. The molecule has 1 atom stereocenters. The lowest BCUT2D eigenvalue weighted by molar-refractivity contribution is -0.167. The lowest BCUT2D eigenvalue weighted by Crippen LogP contribution is -2.30. The zero-order valence-electron chi connectivity index (χ0n) is 48.7. The molecule has 6 nitrogen and oxygen atoms in total. The maximum atomic E-state index is 12.9. The van der Waals surface area contributed by atoms with E-state index in [4.69, 9.17) is 14.2 Å². The van der Waals surface area contributed by atoms with Gasteiger partial charge in [0.2, 0.25) is 0 Å². The van der Waals surface area contributed by atoms with Gasteiger partial charge in [-0.15, -0.1) is 0 Å². The number of ether oxygens (including phenoxy) is 3. The maximum Gasteiger partial charge on any atom is 0.306 e. The fraction of sp³-hybridized carbons (Fsp3) is 0.586. The van der Waals surface area contributed by atoms with Crippen LogP contribution in [0.5, 0.6) is 0 Å². The summed E-state index contributed by atoms with van der Waals surface area (Å²) >= 11 is 0. The molecule has 0 radical (unpaired) electrons. The number of rotatable bonds is 53. The SMILES string of the molecule is CC/C=C\C/C=C\C/C=C\C/C=C\C/C=C\C/C=C\C/C=C\CCCCCC(=O)OCC(COC(=O)CCCC/C=C\C/C=C\C/C=C\C/C=C\CC)OC(=O)CCCCCCCCC/C=C\C/C=C\CCCCCC. The number of carbonyl (C=O) groups is 3. The normalized spacial score (nSPS) is 13.2. The fourth-order valence-electron chi connectivity index (χ4n) is 7.74. The Morgan fingerprint density at radius 3 is 0.842 bits per heavy atom. The van der Waals surface area contributed by atoms with E-state index in [0.29, 0.717) is 25.7 Å². The molecular formula is C70H110O6. The summed E-state index contributed by atoms with van der Waals surface area (Å²) in [6.07, 6.45) is 90.9. The molecule has 0 aromatic heterocycles. The summed E-state index contributed by atoms with van der Waals surface area (Å²) in [6.45, 7) is 6.31. The Morgan fingerprint density at radius 2 is 0.513 bits per heavy atom. The van der Waals surface area contributed by atoms with E-state index in [-0.39, 0.29) is 31.1 Å². The fourth-order valence-corrected chi connectivity index (χ4v) is 7.74. The Bertz CT molecular complexity index is 1720. The first-order valence-corrected chi connectivity index (χ1v) is 30.5. The Kier molecular flexibility index (Phi) is 58.5. The minimum atomic E-state index is -0.823. The second kappa shape index (κ2) is 62.6. The van der Waals surface area contributed by atoms with Gasteiger partial charge in [0.15, 0.2) is 6.10 Å². The molecule has 6 heteroatoms. The number of unbranched alkanes of at least 4 members (excludes halogenated alkanes) is 16. The van der Waals surface area contributed by atoms with E-state index in [2.05, 4.69) is 179 Å². The predicted molar refractivity (Wildman–Crippen MR) is 329 cm³/mol. The number of esters is 3. The van der Waals surface area contributed by atoms with Crippen molar-refractivity contribution in [2.24, 2.45) is 0 Å². The number of hydrogen-bond donors (Lipinski definition) is 0. The van der Waals surface area contributed by atoms with Gasteiger partial charge in [-0.2, -0.15) is 0 Å². The molecule has 0 aromatic rings. The van der Waals surface area contributed by atoms with Crippen LogP contribution in [0, 0.1) is 0 Å². The van der Waals surface area contributed by atoms with Gasteiger partial charge in [0.1, 0.15) is 13.2 Å². The van der Waals surface area contributed by atoms with Crippen LogP contribution in [0.4, 0.5) is 0 Å². The molecule has 0 aliphatic heterocycles. The van der Waals surface area contributed by atoms with E-state index < -0.39 is 6.10 Å². The van der Waals surface area contributed by atoms with Crippen molar-refractivity contribution in [1.82, 2.24) is 0 Å². The molecule has 0 saturated heterocycles. The monoisotopic (exact) mass is 1050 g/mol. The summed E-state index contributed by atoms with van der Waals surface area (Å²) in [6, 6.07) is 0. The van der Waals surface area contributed by atoms with Crippen LogP contribution in [0.2, 0.25) is 0 Å². The van der Waals surface area contributed by atoms with Crippen LogP contribution >= 0.6 is 0 Å². The van der Waals surface area contributed by atoms with Gasteiger partial charge in [-0.1, -0.05) is 237 Å². The van der Waals surface area contributed by atoms with E-state index in [0.717, 1.165) is 141 Å². The molecule has 0 heterocycles. The third-order valence-electron chi connectivity index (χ3n) is 12.2. The number of hydrogen-bond acceptors (Lipinski definition) is 6. The van der Waals surface area contributed by atoms with Gasteiger partial charge in [-0.3, -0.25) is 14.4 Å². The van der Waals surface area contributed by atoms with Crippen LogP contribution in [0.15, 0.2) is 158 Å². The van der Waals surface area contributed by atoms with Gasteiger partial charge in [0.05, 0.1) is 0 Å². The highest BCUT2D eigenvalue weighted by atomic mass is 16.6. The summed E-state index contributed by atoms with van der Waals surface area (Å²) in [5.74, 6) is -1.00. The van der Waals surface area contributed by atoms with Crippen molar-refractivity contribution in [2.75, 3.05) is 13.2 Å². The number of carbonyl (C=O) groups excluding carboxylic acids is 3. The zero-order valence-corrected chi connectivity index (χ0v) is 48.7. The topological polar surface area (TPSA) is 78.9 Å². The molecule has 0 aliphatic carbocycles. The predicted octanol–water partition coefficient (Wildman–Crippen LogP) is 20.9. The summed E-state index contributed by atoms with van der Waals surface area (Å²) < 4.78 is 16.8. The van der Waals surface area contributed by atoms with Crippen molar-refractivity contribution < 1.29 is 28.6 Å². The lowest BCUT2D eigenvalue weighted by Gasteiger charge is -2.18. The molecule has 1 unspecified atom stereocenters. The Morgan fingerprint density at radius 1 is 0.276 bits per heavy atom. The van der Waals surface area contributed by atoms with Crippen molar-refractivity contribution in [1.29, 1.82) is 0 Å². The van der Waals surface area contributed by atoms with E-state index in [9.17, 15) is 14.4 Å². The molecule has 0 saturated carbocycles. The molecule has 0 bridgehead atoms. The second-order valence-corrected chi connectivity index (χ2v) is 19.5. The Hall–Kier alpha value is -4.97. The van der Waals surface area contributed by atoms with Crippen LogP contribution in [0.3, 0.4) is 0 Å². The van der Waals surface area contributed by atoms with Crippen LogP contribution in [-0.4, -0.2) is 37.2 Å². The van der Waals surface area contributed by atoms with E-state index in [1.807, 2.05) is 0 Å². The minimum absolute atomic E-state index is 0.119. The molecule has 0 amide bonds. The summed E-state index contributed by atoms with van der Waals surface area (Å²) in [5, 5.41) is 0. The first-order chi connectivity index (χ1) is 37.5. The summed E-state index contributed by atoms with van der Waals surface area (Å²) in [7, 11) is 0. The highest BCUT2D eigenvalue weighted by Crippen LogP contribution is 2.13. The van der Waals surface area contributed by atoms with Gasteiger partial charge in [0, 0.05) is 19.3 Å². The average Bonchev–Trinajstić information content (AvgIpc) is 3.42. The van der Waals surface area contributed by atoms with E-state index >= 15 is 0 Å². The van der Waals surface area contributed by atoms with Crippen molar-refractivity contribution >= 4 is 17.9 Å². The van der Waals surface area contributed by atoms with Crippen LogP contribution in [-0.2, 0) is 28.6 Å². The van der Waals surface area contributed by atoms with Crippen molar-refractivity contribution in [3.8, 4) is 0 Å². The lowest BCUT2D eigenvalue weighted by atomic mass is 10.1. The van der Waals surface area contributed by atoms with Gasteiger partial charge < -0.3 is 14.2 Å². The first-order valence-electron chi connectivity index (χ1n) is 30.5. The van der Waals surface area contributed by atoms with Gasteiger partial charge in [-0.25, -0.2) is 0 Å². The quantitative estimate of drug-likeness (QED) is 0.0261. The van der Waals surface area contributed by atoms with Crippen LogP contribution < -0.4 is 0 Å². The van der Waals surface area contributed by atoms with Crippen LogP contribution in [0.25, 0.3) is 0 Å². The van der Waals surface area contributed by atoms with Crippen molar-refractivity contribution in [2.45, 2.75) is 252 Å². The zero-order chi connectivity index (χ0) is 55.0. The van der Waals surface area contributed by atoms with Gasteiger partial charge in [0.25, 0.3) is 0 Å². The molecule has 0 rings (SSSR count).